The number of hydrogen-bond acceptors (Lipinski definition) is 12. The van der Waals surface area contributed by atoms with Gasteiger partial charge in [0.15, 0.2) is 17.4 Å². The summed E-state index contributed by atoms with van der Waals surface area (Å²) in [5.74, 6) is -0.222. The largest absolute Gasteiger partial charge is 0.481 e. The number of nitrogens with one attached hydrogen (secondary N) is 1. The third kappa shape index (κ3) is 10.3. The van der Waals surface area contributed by atoms with E-state index < -0.39 is 52.4 Å². The van der Waals surface area contributed by atoms with Crippen LogP contribution in [0.25, 0.3) is 11.2 Å². The number of phosphoric ester groups is 2. The predicted molar refractivity (Wildman–Crippen MR) is 157 cm³/mol. The molecule has 16 nitrogen and oxygen atoms in total. The third-order valence-corrected chi connectivity index (χ3v) is 9.06. The van der Waals surface area contributed by atoms with Gasteiger partial charge in [0.2, 0.25) is 5.95 Å². The fourth-order valence-corrected chi connectivity index (χ4v) is 6.20. The van der Waals surface area contributed by atoms with Gasteiger partial charge in [0.05, 0.1) is 19.5 Å². The molecular weight excluding hydrogens is 608 g/mol. The first-order chi connectivity index (χ1) is 20.1. The number of fused-ring (bicyclic) bond motifs is 1. The lowest BCUT2D eigenvalue weighted by Crippen LogP contribution is -2.33. The maximum absolute atomic E-state index is 12.3. The Balaban J connectivity index is 1.49. The number of imidazole rings is 1. The zero-order valence-electron chi connectivity index (χ0n) is 24.3. The van der Waals surface area contributed by atoms with Crippen molar-refractivity contribution in [2.24, 2.45) is 0 Å². The fourth-order valence-electron chi connectivity index (χ4n) is 4.18. The van der Waals surface area contributed by atoms with Crippen molar-refractivity contribution in [1.29, 1.82) is 0 Å². The highest BCUT2D eigenvalue weighted by Gasteiger charge is 2.46. The Kier molecular flexibility index (Phi) is 12.2. The number of rotatable bonds is 15. The summed E-state index contributed by atoms with van der Waals surface area (Å²) in [5, 5.41) is 20.9. The summed E-state index contributed by atoms with van der Waals surface area (Å²) in [6, 6.07) is 0. The molecule has 0 spiro atoms. The molecule has 0 radical (unpaired) electrons. The van der Waals surface area contributed by atoms with Crippen molar-refractivity contribution in [3.8, 4) is 0 Å². The van der Waals surface area contributed by atoms with Crippen LogP contribution < -0.4 is 11.3 Å². The number of hydrogen-bond donors (Lipinski definition) is 6. The summed E-state index contributed by atoms with van der Waals surface area (Å²) in [5.41, 5.74) is 8.21. The van der Waals surface area contributed by atoms with Crippen LogP contribution >= 0.6 is 15.6 Å². The molecule has 18 heteroatoms. The first-order valence-electron chi connectivity index (χ1n) is 13.4. The van der Waals surface area contributed by atoms with E-state index in [4.69, 9.17) is 19.5 Å². The molecule has 6 atom stereocenters. The fraction of sp³-hybridized carbons (Fsp3) is 0.560. The Bertz CT molecular complexity index is 1510. The van der Waals surface area contributed by atoms with Crippen molar-refractivity contribution in [3.05, 3.63) is 51.6 Å². The number of nitrogens with zero attached hydrogens (tertiary/aromatic N) is 3. The van der Waals surface area contributed by atoms with E-state index >= 15 is 0 Å². The van der Waals surface area contributed by atoms with Crippen LogP contribution in [0.1, 0.15) is 59.6 Å². The van der Waals surface area contributed by atoms with Gasteiger partial charge in [-0.15, -0.1) is 0 Å². The van der Waals surface area contributed by atoms with E-state index in [0.29, 0.717) is 6.42 Å². The quantitative estimate of drug-likeness (QED) is 0.120. The molecule has 0 aromatic carbocycles. The van der Waals surface area contributed by atoms with Crippen molar-refractivity contribution in [1.82, 2.24) is 19.5 Å². The molecule has 1 fully saturated rings. The van der Waals surface area contributed by atoms with Gasteiger partial charge < -0.3 is 30.5 Å². The zero-order chi connectivity index (χ0) is 31.9. The average molecular weight is 648 g/mol. The van der Waals surface area contributed by atoms with Crippen molar-refractivity contribution in [2.75, 3.05) is 18.9 Å². The number of aromatic nitrogens is 4. The second kappa shape index (κ2) is 15.0. The monoisotopic (exact) mass is 647 g/mol. The minimum atomic E-state index is -5.19. The van der Waals surface area contributed by atoms with E-state index in [1.165, 1.54) is 11.1 Å². The topological polar surface area (TPSA) is 242 Å². The molecule has 0 saturated carbocycles. The number of aromatic amines is 1. The van der Waals surface area contributed by atoms with E-state index in [9.17, 15) is 33.9 Å². The van der Waals surface area contributed by atoms with Crippen LogP contribution in [0.4, 0.5) is 5.95 Å². The van der Waals surface area contributed by atoms with Crippen LogP contribution in [0.5, 0.6) is 0 Å². The van der Waals surface area contributed by atoms with Gasteiger partial charge in [0, 0.05) is 0 Å². The lowest BCUT2D eigenvalue weighted by atomic mass is 10.1. The van der Waals surface area contributed by atoms with Gasteiger partial charge >= 0.3 is 15.6 Å². The molecule has 2 unspecified atom stereocenters. The molecule has 2 aromatic heterocycles. The van der Waals surface area contributed by atoms with Crippen molar-refractivity contribution < 1.29 is 47.2 Å². The predicted octanol–water partition coefficient (Wildman–Crippen LogP) is 2.99. The summed E-state index contributed by atoms with van der Waals surface area (Å²) in [6.45, 7) is 6.82. The molecule has 2 aromatic rings. The average Bonchev–Trinajstić information content (AvgIpc) is 3.42. The highest BCUT2D eigenvalue weighted by atomic mass is 31.3. The third-order valence-electron chi connectivity index (χ3n) is 6.46. The molecule has 1 saturated heterocycles. The van der Waals surface area contributed by atoms with Gasteiger partial charge in [0.1, 0.15) is 18.3 Å². The number of anilines is 1. The number of aliphatic hydroxyl groups excluding tert-OH is 2. The minimum absolute atomic E-state index is 0.0420. The summed E-state index contributed by atoms with van der Waals surface area (Å²) in [4.78, 5) is 42.0. The van der Waals surface area contributed by atoms with Gasteiger partial charge in [-0.3, -0.25) is 23.4 Å². The summed E-state index contributed by atoms with van der Waals surface area (Å²) < 4.78 is 45.1. The normalized spacial score (nSPS) is 24.2. The van der Waals surface area contributed by atoms with Crippen LogP contribution in [0.15, 0.2) is 46.1 Å². The lowest BCUT2D eigenvalue weighted by molar-refractivity contribution is -0.0503. The lowest BCUT2D eigenvalue weighted by Gasteiger charge is -2.19. The van der Waals surface area contributed by atoms with Crippen LogP contribution in [-0.2, 0) is 27.2 Å². The molecule has 1 aliphatic heterocycles. The number of H-pyrrole nitrogens is 1. The molecule has 3 rings (SSSR count). The molecule has 0 bridgehead atoms. The number of nitrogens with two attached hydrogens (primary N) is 1. The highest BCUT2D eigenvalue weighted by molar-refractivity contribution is 7.61. The van der Waals surface area contributed by atoms with E-state index in [0.717, 1.165) is 35.7 Å². The van der Waals surface area contributed by atoms with E-state index in [1.54, 1.807) is 6.08 Å². The molecule has 0 amide bonds. The first-order valence-corrected chi connectivity index (χ1v) is 16.4. The van der Waals surface area contributed by atoms with Crippen molar-refractivity contribution in [3.63, 3.8) is 0 Å². The van der Waals surface area contributed by atoms with Crippen LogP contribution in [-0.4, -0.2) is 71.0 Å². The van der Waals surface area contributed by atoms with Crippen molar-refractivity contribution in [2.45, 2.75) is 77.9 Å². The Morgan fingerprint density at radius 3 is 2.35 bits per heavy atom. The Morgan fingerprint density at radius 2 is 1.67 bits per heavy atom. The van der Waals surface area contributed by atoms with Gasteiger partial charge in [-0.25, -0.2) is 14.1 Å². The van der Waals surface area contributed by atoms with E-state index in [1.807, 2.05) is 6.92 Å². The Hall–Kier alpha value is -2.49. The van der Waals surface area contributed by atoms with Gasteiger partial charge in [-0.1, -0.05) is 34.9 Å². The second-order valence-electron chi connectivity index (χ2n) is 10.4. The summed E-state index contributed by atoms with van der Waals surface area (Å²) in [7, 11) is -10.2. The number of nitrogen functional groups attached to an aromatic ring is 1. The summed E-state index contributed by atoms with van der Waals surface area (Å²) >= 11 is 0. The smallest absolute Gasteiger partial charge is 0.387 e. The molecular formula is C25H39N5O11P2. The van der Waals surface area contributed by atoms with Crippen LogP contribution in [0.3, 0.4) is 0 Å². The molecule has 43 heavy (non-hydrogen) atoms. The molecule has 7 N–H and O–H groups in total. The van der Waals surface area contributed by atoms with Crippen LogP contribution in [0.2, 0.25) is 0 Å². The minimum Gasteiger partial charge on any atom is -0.387 e. The Labute approximate surface area is 248 Å². The van der Waals surface area contributed by atoms with Gasteiger partial charge in [0.25, 0.3) is 5.56 Å². The van der Waals surface area contributed by atoms with E-state index in [2.05, 4.69) is 52.2 Å². The van der Waals surface area contributed by atoms with E-state index in [-0.39, 0.29) is 23.7 Å². The Morgan fingerprint density at radius 1 is 1.05 bits per heavy atom. The van der Waals surface area contributed by atoms with Crippen molar-refractivity contribution >= 4 is 32.8 Å². The molecule has 0 aliphatic carbocycles. The highest BCUT2D eigenvalue weighted by Crippen LogP contribution is 2.60. The standard InChI is InChI=1S/C25H39N5O11P2/c1-15(2)7-5-8-16(3)9-6-10-17(4)11-12-38-42(34,35)41-43(36,37)39-13-18-20(31)21(32)24(40-18)30-14-27-19-22(30)28-25(26)29-23(19)33/h7,9,11,14,18,20-21,24,31-32H,5-6,8,10,12-13H2,1-4H3,(H,34,35)(H,36,37)(H3,26,28,29,33)/b16-9+,17-11+/t18-,20-,21-,24-/m1/s1. The van der Waals surface area contributed by atoms with Gasteiger partial charge in [-0.2, -0.15) is 9.29 Å². The molecule has 240 valence electrons. The number of allylic oxidation sites excluding steroid dienone is 5. The first kappa shape index (κ1) is 35.0. The molecule has 3 heterocycles. The van der Waals surface area contributed by atoms with Gasteiger partial charge in [-0.05, 0) is 53.4 Å². The zero-order valence-corrected chi connectivity index (χ0v) is 26.1. The summed E-state index contributed by atoms with van der Waals surface area (Å²) in [6.07, 6.45) is 4.46. The molecule has 1 aliphatic rings. The second-order valence-corrected chi connectivity index (χ2v) is 13.4. The SMILES string of the molecule is CC(C)=CCC/C(C)=C/CC/C(C)=C/COP(=O)(O)OP(=O)(O)OC[C@H]1O[C@@H](n2cnc3c(=O)[nH]c(N)nc32)[C@H](O)[C@@H]1O. The van der Waals surface area contributed by atoms with Crippen LogP contribution in [0, 0.1) is 0 Å². The maximum Gasteiger partial charge on any atom is 0.481 e. The number of aliphatic hydroxyl groups is 2. The number of phosphoric acid groups is 2. The number of ether oxygens (including phenoxy) is 1. The maximum atomic E-state index is 12.3.